The fourth-order valence-corrected chi connectivity index (χ4v) is 2.70. The van der Waals surface area contributed by atoms with Crippen molar-refractivity contribution in [3.8, 4) is 0 Å². The molecule has 2 unspecified atom stereocenters. The smallest absolute Gasteiger partial charge is 0.320 e. The standard InChI is InChI=1S/C13H25NO2/c1-3-5-8-11(4-2)14-10-7-6-9-12(14)13(15)16/h11-12H,3-10H2,1-2H3,(H,15,16). The Labute approximate surface area is 98.8 Å². The van der Waals surface area contributed by atoms with Crippen LogP contribution < -0.4 is 0 Å². The highest BCUT2D eigenvalue weighted by Gasteiger charge is 2.32. The van der Waals surface area contributed by atoms with E-state index in [9.17, 15) is 9.90 Å². The van der Waals surface area contributed by atoms with Crippen LogP contribution in [0.4, 0.5) is 0 Å². The van der Waals surface area contributed by atoms with Crippen LogP contribution in [0.5, 0.6) is 0 Å². The quantitative estimate of drug-likeness (QED) is 0.758. The molecule has 94 valence electrons. The summed E-state index contributed by atoms with van der Waals surface area (Å²) in [6.07, 6.45) is 7.69. The summed E-state index contributed by atoms with van der Waals surface area (Å²) in [6.45, 7) is 5.34. The van der Waals surface area contributed by atoms with Gasteiger partial charge in [0.2, 0.25) is 0 Å². The first kappa shape index (κ1) is 13.5. The highest BCUT2D eigenvalue weighted by Crippen LogP contribution is 2.23. The molecule has 0 saturated carbocycles. The van der Waals surface area contributed by atoms with Crippen molar-refractivity contribution in [3.05, 3.63) is 0 Å². The fourth-order valence-electron chi connectivity index (χ4n) is 2.70. The van der Waals surface area contributed by atoms with Crippen LogP contribution in [-0.4, -0.2) is 34.6 Å². The first-order valence-corrected chi connectivity index (χ1v) is 6.69. The summed E-state index contributed by atoms with van der Waals surface area (Å²) in [6, 6.07) is 0.247. The van der Waals surface area contributed by atoms with E-state index in [0.717, 1.165) is 38.6 Å². The molecule has 3 nitrogen and oxygen atoms in total. The molecule has 0 aromatic carbocycles. The van der Waals surface area contributed by atoms with Crippen LogP contribution >= 0.6 is 0 Å². The van der Waals surface area contributed by atoms with Crippen molar-refractivity contribution in [2.45, 2.75) is 70.9 Å². The van der Waals surface area contributed by atoms with Gasteiger partial charge in [0.15, 0.2) is 0 Å². The normalized spacial score (nSPS) is 24.2. The lowest BCUT2D eigenvalue weighted by Gasteiger charge is -2.39. The van der Waals surface area contributed by atoms with Crippen molar-refractivity contribution in [2.75, 3.05) is 6.54 Å². The number of piperidine rings is 1. The maximum Gasteiger partial charge on any atom is 0.320 e. The second-order valence-corrected chi connectivity index (χ2v) is 4.79. The molecule has 1 N–H and O–H groups in total. The van der Waals surface area contributed by atoms with E-state index in [1.165, 1.54) is 12.8 Å². The number of likely N-dealkylation sites (tertiary alicyclic amines) is 1. The molecule has 1 fully saturated rings. The van der Waals surface area contributed by atoms with Gasteiger partial charge in [0, 0.05) is 6.04 Å². The van der Waals surface area contributed by atoms with E-state index in [4.69, 9.17) is 0 Å². The first-order valence-electron chi connectivity index (χ1n) is 6.69. The Balaban J connectivity index is 2.60. The number of carboxylic acid groups (broad SMARTS) is 1. The molecule has 0 aliphatic carbocycles. The van der Waals surface area contributed by atoms with Crippen molar-refractivity contribution >= 4 is 5.97 Å². The third-order valence-electron chi connectivity index (χ3n) is 3.66. The lowest BCUT2D eigenvalue weighted by atomic mass is 9.96. The summed E-state index contributed by atoms with van der Waals surface area (Å²) in [7, 11) is 0. The minimum absolute atomic E-state index is 0.226. The Morgan fingerprint density at radius 2 is 2.19 bits per heavy atom. The molecule has 0 bridgehead atoms. The van der Waals surface area contributed by atoms with E-state index in [-0.39, 0.29) is 6.04 Å². The number of carbonyl (C=O) groups is 1. The van der Waals surface area contributed by atoms with Gasteiger partial charge in [0.05, 0.1) is 0 Å². The lowest BCUT2D eigenvalue weighted by molar-refractivity contribution is -0.146. The number of rotatable bonds is 6. The maximum absolute atomic E-state index is 11.2. The minimum Gasteiger partial charge on any atom is -0.480 e. The van der Waals surface area contributed by atoms with Gasteiger partial charge in [-0.25, -0.2) is 0 Å². The third-order valence-corrected chi connectivity index (χ3v) is 3.66. The number of unbranched alkanes of at least 4 members (excludes halogenated alkanes) is 1. The zero-order valence-corrected chi connectivity index (χ0v) is 10.6. The molecule has 1 aliphatic heterocycles. The predicted molar refractivity (Wildman–Crippen MR) is 65.6 cm³/mol. The second-order valence-electron chi connectivity index (χ2n) is 4.79. The number of aliphatic carboxylic acids is 1. The Bertz CT molecular complexity index is 218. The van der Waals surface area contributed by atoms with E-state index in [2.05, 4.69) is 18.7 Å². The van der Waals surface area contributed by atoms with Crippen LogP contribution in [-0.2, 0) is 4.79 Å². The van der Waals surface area contributed by atoms with Gasteiger partial charge in [-0.3, -0.25) is 9.69 Å². The van der Waals surface area contributed by atoms with Gasteiger partial charge >= 0.3 is 5.97 Å². The average molecular weight is 227 g/mol. The SMILES string of the molecule is CCCCC(CC)N1CCCCC1C(=O)O. The van der Waals surface area contributed by atoms with Crippen LogP contribution in [0.2, 0.25) is 0 Å². The summed E-state index contributed by atoms with van der Waals surface area (Å²) in [4.78, 5) is 13.5. The van der Waals surface area contributed by atoms with E-state index in [1.807, 2.05) is 0 Å². The van der Waals surface area contributed by atoms with Crippen LogP contribution in [0.3, 0.4) is 0 Å². The van der Waals surface area contributed by atoms with Crippen molar-refractivity contribution in [1.29, 1.82) is 0 Å². The Morgan fingerprint density at radius 3 is 2.75 bits per heavy atom. The van der Waals surface area contributed by atoms with Gasteiger partial charge in [-0.2, -0.15) is 0 Å². The molecule has 2 atom stereocenters. The molecule has 0 spiro atoms. The van der Waals surface area contributed by atoms with Crippen molar-refractivity contribution < 1.29 is 9.90 Å². The van der Waals surface area contributed by atoms with Crippen LogP contribution in [0, 0.1) is 0 Å². The van der Waals surface area contributed by atoms with Crippen LogP contribution in [0.15, 0.2) is 0 Å². The van der Waals surface area contributed by atoms with E-state index in [1.54, 1.807) is 0 Å². The summed E-state index contributed by atoms with van der Waals surface area (Å²) in [5.41, 5.74) is 0. The summed E-state index contributed by atoms with van der Waals surface area (Å²) >= 11 is 0. The van der Waals surface area contributed by atoms with Crippen molar-refractivity contribution in [3.63, 3.8) is 0 Å². The molecule has 0 aromatic heterocycles. The Morgan fingerprint density at radius 1 is 1.44 bits per heavy atom. The second kappa shape index (κ2) is 6.89. The number of hydrogen-bond donors (Lipinski definition) is 1. The van der Waals surface area contributed by atoms with Gasteiger partial charge in [-0.05, 0) is 32.2 Å². The van der Waals surface area contributed by atoms with Gasteiger partial charge < -0.3 is 5.11 Å². The summed E-state index contributed by atoms with van der Waals surface area (Å²) < 4.78 is 0. The largest absolute Gasteiger partial charge is 0.480 e. The van der Waals surface area contributed by atoms with E-state index >= 15 is 0 Å². The van der Waals surface area contributed by atoms with Crippen molar-refractivity contribution in [2.24, 2.45) is 0 Å². The molecule has 0 aromatic rings. The molecular formula is C13H25NO2. The Kier molecular flexibility index (Phi) is 5.81. The fraction of sp³-hybridized carbons (Fsp3) is 0.923. The first-order chi connectivity index (χ1) is 7.70. The summed E-state index contributed by atoms with van der Waals surface area (Å²) in [5, 5.41) is 9.24. The zero-order chi connectivity index (χ0) is 12.0. The Hall–Kier alpha value is -0.570. The molecule has 1 aliphatic rings. The summed E-state index contributed by atoms with van der Waals surface area (Å²) in [5.74, 6) is -0.630. The average Bonchev–Trinajstić information content (AvgIpc) is 2.30. The van der Waals surface area contributed by atoms with Crippen LogP contribution in [0.25, 0.3) is 0 Å². The molecular weight excluding hydrogens is 202 g/mol. The lowest BCUT2D eigenvalue weighted by Crippen LogP contribution is -2.49. The van der Waals surface area contributed by atoms with Gasteiger partial charge in [-0.15, -0.1) is 0 Å². The zero-order valence-electron chi connectivity index (χ0n) is 10.6. The molecule has 1 rings (SSSR count). The van der Waals surface area contributed by atoms with E-state index in [0.29, 0.717) is 6.04 Å². The number of carboxylic acids is 1. The maximum atomic E-state index is 11.2. The molecule has 1 heterocycles. The number of nitrogens with zero attached hydrogens (tertiary/aromatic N) is 1. The topological polar surface area (TPSA) is 40.5 Å². The third kappa shape index (κ3) is 3.48. The molecule has 0 amide bonds. The minimum atomic E-state index is -0.630. The number of hydrogen-bond acceptors (Lipinski definition) is 2. The molecule has 1 saturated heterocycles. The van der Waals surface area contributed by atoms with Crippen LogP contribution in [0.1, 0.15) is 58.8 Å². The highest BCUT2D eigenvalue weighted by atomic mass is 16.4. The monoisotopic (exact) mass is 227 g/mol. The van der Waals surface area contributed by atoms with Crippen molar-refractivity contribution in [1.82, 2.24) is 4.90 Å². The van der Waals surface area contributed by atoms with E-state index < -0.39 is 5.97 Å². The van der Waals surface area contributed by atoms with Gasteiger partial charge in [-0.1, -0.05) is 33.1 Å². The molecule has 0 radical (unpaired) electrons. The van der Waals surface area contributed by atoms with Gasteiger partial charge in [0.1, 0.15) is 6.04 Å². The predicted octanol–water partition coefficient (Wildman–Crippen LogP) is 2.89. The van der Waals surface area contributed by atoms with Gasteiger partial charge in [0.25, 0.3) is 0 Å². The molecule has 16 heavy (non-hydrogen) atoms. The molecule has 3 heteroatoms. The highest BCUT2D eigenvalue weighted by molar-refractivity contribution is 5.73.